The molecule has 2 atom stereocenters. The maximum absolute atomic E-state index is 5.97. The number of hydrogen-bond donors (Lipinski definition) is 0. The van der Waals surface area contributed by atoms with Gasteiger partial charge in [-0.1, -0.05) is 54.1 Å². The zero-order valence-corrected chi connectivity index (χ0v) is 14.1. The molecule has 0 spiro atoms. The number of fused-ring (bicyclic) bond motifs is 1. The van der Waals surface area contributed by atoms with Crippen LogP contribution < -0.4 is 0 Å². The largest absolute Gasteiger partial charge is 0.298 e. The fourth-order valence-corrected chi connectivity index (χ4v) is 4.26. The van der Waals surface area contributed by atoms with E-state index in [4.69, 9.17) is 11.6 Å². The number of likely N-dealkylation sites (tertiary alicyclic amines) is 2. The number of rotatable bonds is 4. The van der Waals surface area contributed by atoms with Crippen LogP contribution in [0, 0.1) is 11.8 Å². The van der Waals surface area contributed by atoms with Crippen LogP contribution in [0.3, 0.4) is 0 Å². The molecule has 0 aromatic heterocycles. The quantitative estimate of drug-likeness (QED) is 0.840. The molecule has 2 nitrogen and oxygen atoms in total. The number of hydrogen-bond acceptors (Lipinski definition) is 2. The van der Waals surface area contributed by atoms with E-state index >= 15 is 0 Å². The molecule has 2 aromatic carbocycles. The van der Waals surface area contributed by atoms with Crippen molar-refractivity contribution in [1.29, 1.82) is 0 Å². The van der Waals surface area contributed by atoms with Gasteiger partial charge in [0.15, 0.2) is 0 Å². The Hall–Kier alpha value is -1.35. The molecule has 2 aliphatic heterocycles. The van der Waals surface area contributed by atoms with E-state index in [0.29, 0.717) is 0 Å². The van der Waals surface area contributed by atoms with Crippen LogP contribution in [0.4, 0.5) is 0 Å². The van der Waals surface area contributed by atoms with Crippen molar-refractivity contribution in [1.82, 2.24) is 9.80 Å². The topological polar surface area (TPSA) is 6.48 Å². The van der Waals surface area contributed by atoms with Crippen molar-refractivity contribution in [3.05, 3.63) is 70.7 Å². The van der Waals surface area contributed by atoms with Crippen molar-refractivity contribution < 1.29 is 0 Å². The van der Waals surface area contributed by atoms with Crippen LogP contribution in [0.2, 0.25) is 5.02 Å². The zero-order valence-electron chi connectivity index (χ0n) is 13.4. The standard InChI is InChI=1S/C20H23ClN2/c21-20-8-6-17(7-9-20)11-23-14-18-12-22(13-19(18)15-23)10-16-4-2-1-3-5-16/h1-9,18-19H,10-15H2/t18-,19-/m0/s1. The zero-order chi connectivity index (χ0) is 15.6. The molecular weight excluding hydrogens is 304 g/mol. The first kappa shape index (κ1) is 15.2. The van der Waals surface area contributed by atoms with E-state index in [-0.39, 0.29) is 0 Å². The second-order valence-corrected chi connectivity index (χ2v) is 7.46. The molecule has 0 N–H and O–H groups in total. The van der Waals surface area contributed by atoms with Crippen LogP contribution in [-0.2, 0) is 13.1 Å². The van der Waals surface area contributed by atoms with Crippen molar-refractivity contribution in [2.24, 2.45) is 11.8 Å². The summed E-state index contributed by atoms with van der Waals surface area (Å²) in [6.07, 6.45) is 0. The van der Waals surface area contributed by atoms with Crippen molar-refractivity contribution in [3.63, 3.8) is 0 Å². The van der Waals surface area contributed by atoms with Crippen LogP contribution in [0.15, 0.2) is 54.6 Å². The number of benzene rings is 2. The second kappa shape index (κ2) is 6.64. The molecule has 2 aromatic rings. The Morgan fingerprint density at radius 3 is 1.70 bits per heavy atom. The third kappa shape index (κ3) is 3.60. The minimum Gasteiger partial charge on any atom is -0.298 e. The Balaban J connectivity index is 1.30. The van der Waals surface area contributed by atoms with Crippen LogP contribution >= 0.6 is 11.6 Å². The van der Waals surface area contributed by atoms with E-state index in [9.17, 15) is 0 Å². The van der Waals surface area contributed by atoms with Gasteiger partial charge >= 0.3 is 0 Å². The minimum absolute atomic E-state index is 0.823. The Bertz CT molecular complexity index is 626. The van der Waals surface area contributed by atoms with Crippen LogP contribution in [0.1, 0.15) is 11.1 Å². The van der Waals surface area contributed by atoms with Crippen LogP contribution in [0.25, 0.3) is 0 Å². The van der Waals surface area contributed by atoms with Crippen molar-refractivity contribution in [2.75, 3.05) is 26.2 Å². The Kier molecular flexibility index (Phi) is 4.39. The molecule has 0 radical (unpaired) electrons. The lowest BCUT2D eigenvalue weighted by atomic mass is 10.0. The molecule has 0 bridgehead atoms. The van der Waals surface area contributed by atoms with Crippen molar-refractivity contribution in [3.8, 4) is 0 Å². The highest BCUT2D eigenvalue weighted by Gasteiger charge is 2.39. The summed E-state index contributed by atoms with van der Waals surface area (Å²) < 4.78 is 0. The van der Waals surface area contributed by atoms with Gasteiger partial charge in [0, 0.05) is 44.3 Å². The van der Waals surface area contributed by atoms with Gasteiger partial charge in [-0.05, 0) is 35.1 Å². The molecular formula is C20H23ClN2. The SMILES string of the molecule is Clc1ccc(CN2C[C@@H]3CN(Cc4ccccc4)C[C@H]3C2)cc1. The molecule has 120 valence electrons. The summed E-state index contributed by atoms with van der Waals surface area (Å²) in [7, 11) is 0. The smallest absolute Gasteiger partial charge is 0.0406 e. The van der Waals surface area contributed by atoms with E-state index in [1.807, 2.05) is 12.1 Å². The number of nitrogens with zero attached hydrogens (tertiary/aromatic N) is 2. The summed E-state index contributed by atoms with van der Waals surface area (Å²) in [5.41, 5.74) is 2.81. The molecule has 2 fully saturated rings. The van der Waals surface area contributed by atoms with Gasteiger partial charge in [-0.15, -0.1) is 0 Å². The third-order valence-electron chi connectivity index (χ3n) is 5.21. The lowest BCUT2D eigenvalue weighted by molar-refractivity contribution is 0.246. The molecule has 4 rings (SSSR count). The van der Waals surface area contributed by atoms with Gasteiger partial charge in [-0.2, -0.15) is 0 Å². The molecule has 2 aliphatic rings. The summed E-state index contributed by atoms with van der Waals surface area (Å²) >= 11 is 5.97. The maximum atomic E-state index is 5.97. The molecule has 0 unspecified atom stereocenters. The molecule has 0 saturated carbocycles. The first-order valence-electron chi connectivity index (χ1n) is 8.49. The third-order valence-corrected chi connectivity index (χ3v) is 5.46. The molecule has 3 heteroatoms. The highest BCUT2D eigenvalue weighted by molar-refractivity contribution is 6.30. The fraction of sp³-hybridized carbons (Fsp3) is 0.400. The molecule has 2 heterocycles. The average molecular weight is 327 g/mol. The predicted molar refractivity (Wildman–Crippen MR) is 95.4 cm³/mol. The van der Waals surface area contributed by atoms with Gasteiger partial charge in [0.2, 0.25) is 0 Å². The van der Waals surface area contributed by atoms with E-state index in [2.05, 4.69) is 52.3 Å². The monoisotopic (exact) mass is 326 g/mol. The van der Waals surface area contributed by atoms with Gasteiger partial charge in [0.1, 0.15) is 0 Å². The van der Waals surface area contributed by atoms with E-state index < -0.39 is 0 Å². The second-order valence-electron chi connectivity index (χ2n) is 7.02. The summed E-state index contributed by atoms with van der Waals surface area (Å²) in [5.74, 6) is 1.68. The fourth-order valence-electron chi connectivity index (χ4n) is 4.14. The van der Waals surface area contributed by atoms with E-state index in [0.717, 1.165) is 29.9 Å². The summed E-state index contributed by atoms with van der Waals surface area (Å²) in [5, 5.41) is 0.823. The van der Waals surface area contributed by atoms with Gasteiger partial charge in [-0.3, -0.25) is 9.80 Å². The first-order chi connectivity index (χ1) is 11.3. The highest BCUT2D eigenvalue weighted by Crippen LogP contribution is 2.32. The van der Waals surface area contributed by atoms with Gasteiger partial charge in [0.05, 0.1) is 0 Å². The maximum Gasteiger partial charge on any atom is 0.0406 e. The van der Waals surface area contributed by atoms with Crippen molar-refractivity contribution >= 4 is 11.6 Å². The first-order valence-corrected chi connectivity index (χ1v) is 8.87. The van der Waals surface area contributed by atoms with Crippen molar-refractivity contribution in [2.45, 2.75) is 13.1 Å². The van der Waals surface area contributed by atoms with Crippen LogP contribution in [0.5, 0.6) is 0 Å². The molecule has 23 heavy (non-hydrogen) atoms. The van der Waals surface area contributed by atoms with E-state index in [1.54, 1.807) is 0 Å². The average Bonchev–Trinajstić information content (AvgIpc) is 3.08. The lowest BCUT2D eigenvalue weighted by Crippen LogP contribution is -2.28. The minimum atomic E-state index is 0.823. The molecule has 2 saturated heterocycles. The predicted octanol–water partition coefficient (Wildman–Crippen LogP) is 3.90. The summed E-state index contributed by atoms with van der Waals surface area (Å²) in [6.45, 7) is 7.12. The molecule has 0 aliphatic carbocycles. The van der Waals surface area contributed by atoms with Gasteiger partial charge in [-0.25, -0.2) is 0 Å². The Morgan fingerprint density at radius 2 is 1.17 bits per heavy atom. The van der Waals surface area contributed by atoms with E-state index in [1.165, 1.54) is 37.3 Å². The number of halogens is 1. The Morgan fingerprint density at radius 1 is 0.696 bits per heavy atom. The summed E-state index contributed by atoms with van der Waals surface area (Å²) in [6, 6.07) is 19.1. The van der Waals surface area contributed by atoms with Crippen LogP contribution in [-0.4, -0.2) is 36.0 Å². The van der Waals surface area contributed by atoms with Gasteiger partial charge < -0.3 is 0 Å². The van der Waals surface area contributed by atoms with Gasteiger partial charge in [0.25, 0.3) is 0 Å². The normalized spacial score (nSPS) is 24.9. The Labute approximate surface area is 143 Å². The lowest BCUT2D eigenvalue weighted by Gasteiger charge is -2.21. The highest BCUT2D eigenvalue weighted by atomic mass is 35.5. The molecule has 0 amide bonds. The summed E-state index contributed by atoms with van der Waals surface area (Å²) in [4.78, 5) is 5.24.